The van der Waals surface area contributed by atoms with Crippen molar-refractivity contribution in [1.82, 2.24) is 15.3 Å². The maximum atomic E-state index is 11.9. The molecule has 0 radical (unpaired) electrons. The third-order valence-electron chi connectivity index (χ3n) is 3.36. The second-order valence-electron chi connectivity index (χ2n) is 5.46. The molecule has 2 rings (SSSR count). The summed E-state index contributed by atoms with van der Waals surface area (Å²) in [5, 5.41) is 5.90. The van der Waals surface area contributed by atoms with E-state index in [1.165, 1.54) is 12.4 Å². The van der Waals surface area contributed by atoms with Gasteiger partial charge in [-0.25, -0.2) is 9.97 Å². The van der Waals surface area contributed by atoms with Crippen LogP contribution in [0.5, 0.6) is 0 Å². The minimum absolute atomic E-state index is 0.187. The lowest BCUT2D eigenvalue weighted by molar-refractivity contribution is 0.0948. The van der Waals surface area contributed by atoms with Crippen LogP contribution in [0.15, 0.2) is 36.7 Å². The molecule has 0 aliphatic carbocycles. The predicted molar refractivity (Wildman–Crippen MR) is 94.9 cm³/mol. The van der Waals surface area contributed by atoms with Crippen molar-refractivity contribution in [3.05, 3.63) is 42.2 Å². The molecule has 0 atom stereocenters. The smallest absolute Gasteiger partial charge is 0.254 e. The lowest BCUT2D eigenvalue weighted by atomic mass is 10.2. The molecule has 0 bridgehead atoms. The van der Waals surface area contributed by atoms with E-state index in [4.69, 9.17) is 4.74 Å². The number of carbonyl (C=O) groups is 1. The Bertz CT molecular complexity index is 641. The molecule has 0 aliphatic rings. The first-order valence-electron chi connectivity index (χ1n) is 7.73. The van der Waals surface area contributed by atoms with Crippen LogP contribution in [0.4, 0.5) is 17.3 Å². The van der Waals surface area contributed by atoms with E-state index in [1.807, 2.05) is 43.3 Å². The Labute approximate surface area is 142 Å². The summed E-state index contributed by atoms with van der Waals surface area (Å²) >= 11 is 0. The van der Waals surface area contributed by atoms with Crippen molar-refractivity contribution in [3.8, 4) is 0 Å². The number of nitrogens with one attached hydrogen (secondary N) is 2. The fourth-order valence-electron chi connectivity index (χ4n) is 2.00. The second kappa shape index (κ2) is 8.83. The molecule has 1 aromatic heterocycles. The number of nitrogens with zero attached hydrogens (tertiary/aromatic N) is 3. The standard InChI is InChI=1S/C17H23N5O2/c1-22(2)15-7-5-14(6-8-15)21-17-19-11-13(12-20-17)16(23)18-9-4-10-24-3/h5-8,11-12H,4,9-10H2,1-3H3,(H,18,23)(H,19,20,21). The summed E-state index contributed by atoms with van der Waals surface area (Å²) in [6, 6.07) is 7.92. The van der Waals surface area contributed by atoms with Crippen LogP contribution in [0.25, 0.3) is 0 Å². The summed E-state index contributed by atoms with van der Waals surface area (Å²) < 4.78 is 4.94. The zero-order valence-corrected chi connectivity index (χ0v) is 14.2. The van der Waals surface area contributed by atoms with Crippen LogP contribution in [-0.4, -0.2) is 50.2 Å². The Hall–Kier alpha value is -2.67. The van der Waals surface area contributed by atoms with E-state index in [9.17, 15) is 4.79 Å². The van der Waals surface area contributed by atoms with Gasteiger partial charge in [0.2, 0.25) is 5.95 Å². The van der Waals surface area contributed by atoms with E-state index >= 15 is 0 Å². The van der Waals surface area contributed by atoms with Gasteiger partial charge in [-0.3, -0.25) is 4.79 Å². The van der Waals surface area contributed by atoms with Gasteiger partial charge in [0.05, 0.1) is 5.56 Å². The number of rotatable bonds is 8. The van der Waals surface area contributed by atoms with E-state index in [0.717, 1.165) is 17.8 Å². The lowest BCUT2D eigenvalue weighted by Crippen LogP contribution is -2.25. The van der Waals surface area contributed by atoms with Gasteiger partial charge in [-0.2, -0.15) is 0 Å². The van der Waals surface area contributed by atoms with Crippen LogP contribution < -0.4 is 15.5 Å². The highest BCUT2D eigenvalue weighted by atomic mass is 16.5. The summed E-state index contributed by atoms with van der Waals surface area (Å²) in [4.78, 5) is 22.3. The number of anilines is 3. The predicted octanol–water partition coefficient (Wildman–Crippen LogP) is 2.05. The summed E-state index contributed by atoms with van der Waals surface area (Å²) in [6.45, 7) is 1.18. The molecule has 1 amide bonds. The monoisotopic (exact) mass is 329 g/mol. The van der Waals surface area contributed by atoms with Crippen molar-refractivity contribution in [2.75, 3.05) is 44.6 Å². The molecule has 2 aromatic rings. The highest BCUT2D eigenvalue weighted by Gasteiger charge is 2.07. The van der Waals surface area contributed by atoms with Crippen molar-refractivity contribution < 1.29 is 9.53 Å². The fourth-order valence-corrected chi connectivity index (χ4v) is 2.00. The number of aromatic nitrogens is 2. The number of methoxy groups -OCH3 is 1. The van der Waals surface area contributed by atoms with Crippen LogP contribution in [0.2, 0.25) is 0 Å². The van der Waals surface area contributed by atoms with Crippen LogP contribution >= 0.6 is 0 Å². The van der Waals surface area contributed by atoms with Gasteiger partial charge in [0.1, 0.15) is 0 Å². The van der Waals surface area contributed by atoms with Gasteiger partial charge in [-0.15, -0.1) is 0 Å². The molecule has 0 unspecified atom stereocenters. The molecule has 128 valence electrons. The first-order valence-corrected chi connectivity index (χ1v) is 7.73. The van der Waals surface area contributed by atoms with Gasteiger partial charge < -0.3 is 20.3 Å². The quantitative estimate of drug-likeness (QED) is 0.722. The zero-order chi connectivity index (χ0) is 17.4. The molecule has 7 nitrogen and oxygen atoms in total. The van der Waals surface area contributed by atoms with Gasteiger partial charge in [0.25, 0.3) is 5.91 Å². The summed E-state index contributed by atoms with van der Waals surface area (Å²) in [7, 11) is 5.62. The number of carbonyl (C=O) groups excluding carboxylic acids is 1. The largest absolute Gasteiger partial charge is 0.385 e. The second-order valence-corrected chi connectivity index (χ2v) is 5.46. The molecule has 0 spiro atoms. The van der Waals surface area contributed by atoms with E-state index in [-0.39, 0.29) is 5.91 Å². The first kappa shape index (κ1) is 17.7. The number of amides is 1. The minimum Gasteiger partial charge on any atom is -0.385 e. The van der Waals surface area contributed by atoms with Crippen molar-refractivity contribution >= 4 is 23.2 Å². The van der Waals surface area contributed by atoms with Gasteiger partial charge in [-0.05, 0) is 30.7 Å². The Kier molecular flexibility index (Phi) is 6.51. The van der Waals surface area contributed by atoms with Gasteiger partial charge in [-0.1, -0.05) is 0 Å². The summed E-state index contributed by atoms with van der Waals surface area (Å²) in [5.74, 6) is 0.261. The van der Waals surface area contributed by atoms with E-state index in [1.54, 1.807) is 7.11 Å². The molecule has 0 saturated carbocycles. The van der Waals surface area contributed by atoms with Crippen molar-refractivity contribution in [1.29, 1.82) is 0 Å². The summed E-state index contributed by atoms with van der Waals surface area (Å²) in [6.07, 6.45) is 3.79. The Morgan fingerprint density at radius 1 is 1.17 bits per heavy atom. The Morgan fingerprint density at radius 3 is 2.42 bits per heavy atom. The molecular formula is C17H23N5O2. The van der Waals surface area contributed by atoms with Crippen molar-refractivity contribution in [2.24, 2.45) is 0 Å². The Morgan fingerprint density at radius 2 is 1.83 bits per heavy atom. The van der Waals surface area contributed by atoms with Gasteiger partial charge >= 0.3 is 0 Å². The van der Waals surface area contributed by atoms with E-state index < -0.39 is 0 Å². The maximum absolute atomic E-state index is 11.9. The van der Waals surface area contributed by atoms with Crippen molar-refractivity contribution in [2.45, 2.75) is 6.42 Å². The molecule has 2 N–H and O–H groups in total. The number of ether oxygens (including phenoxy) is 1. The third-order valence-corrected chi connectivity index (χ3v) is 3.36. The molecule has 7 heteroatoms. The normalized spacial score (nSPS) is 10.3. The van der Waals surface area contributed by atoms with Crippen LogP contribution in [0, 0.1) is 0 Å². The topological polar surface area (TPSA) is 79.4 Å². The highest BCUT2D eigenvalue weighted by molar-refractivity contribution is 5.93. The number of benzene rings is 1. The van der Waals surface area contributed by atoms with Crippen LogP contribution in [0.1, 0.15) is 16.8 Å². The SMILES string of the molecule is COCCCNC(=O)c1cnc(Nc2ccc(N(C)C)cc2)nc1. The van der Waals surface area contributed by atoms with E-state index in [2.05, 4.69) is 20.6 Å². The van der Waals surface area contributed by atoms with Crippen LogP contribution in [-0.2, 0) is 4.74 Å². The molecule has 24 heavy (non-hydrogen) atoms. The Balaban J connectivity index is 1.90. The number of hydrogen-bond donors (Lipinski definition) is 2. The molecule has 0 saturated heterocycles. The average molecular weight is 329 g/mol. The molecule has 0 aliphatic heterocycles. The van der Waals surface area contributed by atoms with Gasteiger partial charge in [0.15, 0.2) is 0 Å². The zero-order valence-electron chi connectivity index (χ0n) is 14.2. The van der Waals surface area contributed by atoms with Crippen LogP contribution in [0.3, 0.4) is 0 Å². The molecule has 0 fully saturated rings. The lowest BCUT2D eigenvalue weighted by Gasteiger charge is -2.13. The average Bonchev–Trinajstić information content (AvgIpc) is 2.59. The molecule has 1 heterocycles. The number of hydrogen-bond acceptors (Lipinski definition) is 6. The van der Waals surface area contributed by atoms with Gasteiger partial charge in [0, 0.05) is 58.1 Å². The van der Waals surface area contributed by atoms with Crippen molar-refractivity contribution in [3.63, 3.8) is 0 Å². The highest BCUT2D eigenvalue weighted by Crippen LogP contribution is 2.17. The third kappa shape index (κ3) is 5.20. The molecule has 1 aromatic carbocycles. The maximum Gasteiger partial charge on any atom is 0.254 e. The van der Waals surface area contributed by atoms with E-state index in [0.29, 0.717) is 24.7 Å². The minimum atomic E-state index is -0.187. The summed E-state index contributed by atoms with van der Waals surface area (Å²) in [5.41, 5.74) is 2.43. The molecular weight excluding hydrogens is 306 g/mol. The first-order chi connectivity index (χ1) is 11.6. The fraction of sp³-hybridized carbons (Fsp3) is 0.353.